The monoisotopic (exact) mass is 334 g/mol. The number of carboxylic acids is 1. The number of carbonyl (C=O) groups excluding carboxylic acids is 1. The van der Waals surface area contributed by atoms with E-state index in [1.807, 2.05) is 24.3 Å². The molecule has 3 N–H and O–H groups in total. The van der Waals surface area contributed by atoms with E-state index in [1.165, 1.54) is 0 Å². The lowest BCUT2D eigenvalue weighted by atomic mass is 10.1. The molecule has 0 bridgehead atoms. The lowest BCUT2D eigenvalue weighted by molar-refractivity contribution is -0.140. The summed E-state index contributed by atoms with van der Waals surface area (Å²) in [7, 11) is 2.12. The van der Waals surface area contributed by atoms with Crippen LogP contribution in [0.25, 0.3) is 0 Å². The maximum atomic E-state index is 12.0. The number of rotatable bonds is 5. The minimum atomic E-state index is -1.04. The van der Waals surface area contributed by atoms with Crippen LogP contribution < -0.4 is 15.5 Å². The normalized spacial score (nSPS) is 16.8. The number of nitrogens with one attached hydrogen (secondary N) is 2. The van der Waals surface area contributed by atoms with Crippen molar-refractivity contribution in [1.29, 1.82) is 0 Å². The number of aliphatic carboxylic acids is 1. The molecule has 7 nitrogen and oxygen atoms in total. The van der Waals surface area contributed by atoms with Crippen LogP contribution in [0, 0.1) is 5.92 Å². The van der Waals surface area contributed by atoms with E-state index in [2.05, 4.69) is 27.5 Å². The maximum Gasteiger partial charge on any atom is 0.326 e. The number of hydrogen-bond acceptors (Lipinski definition) is 4. The Morgan fingerprint density at radius 3 is 2.17 bits per heavy atom. The molecule has 24 heavy (non-hydrogen) atoms. The van der Waals surface area contributed by atoms with Crippen LogP contribution in [-0.2, 0) is 4.79 Å². The number of nitrogens with zero attached hydrogens (tertiary/aromatic N) is 2. The molecule has 1 aromatic rings. The molecule has 1 atom stereocenters. The zero-order chi connectivity index (χ0) is 17.7. The lowest BCUT2D eigenvalue weighted by Crippen LogP contribution is -2.46. The highest BCUT2D eigenvalue weighted by Gasteiger charge is 2.23. The summed E-state index contributed by atoms with van der Waals surface area (Å²) in [5, 5.41) is 14.3. The van der Waals surface area contributed by atoms with Gasteiger partial charge in [-0.3, -0.25) is 0 Å². The second-order valence-corrected chi connectivity index (χ2v) is 6.50. The fraction of sp³-hybridized carbons (Fsp3) is 0.529. The average Bonchev–Trinajstić information content (AvgIpc) is 2.53. The molecule has 0 saturated carbocycles. The van der Waals surface area contributed by atoms with Gasteiger partial charge in [0.1, 0.15) is 6.04 Å². The fourth-order valence-corrected chi connectivity index (χ4v) is 2.64. The fourth-order valence-electron chi connectivity index (χ4n) is 2.64. The molecular weight excluding hydrogens is 308 g/mol. The SMILES string of the molecule is CC(C)C(NC(=O)Nc1ccc(N2CCN(C)CC2)cc1)C(=O)O. The average molecular weight is 334 g/mol. The summed E-state index contributed by atoms with van der Waals surface area (Å²) in [5.74, 6) is -1.22. The van der Waals surface area contributed by atoms with Gasteiger partial charge in [0, 0.05) is 37.6 Å². The Morgan fingerprint density at radius 1 is 1.08 bits per heavy atom. The first-order valence-electron chi connectivity index (χ1n) is 8.20. The van der Waals surface area contributed by atoms with Gasteiger partial charge in [-0.15, -0.1) is 0 Å². The summed E-state index contributed by atoms with van der Waals surface area (Å²) in [6.45, 7) is 7.55. The zero-order valence-corrected chi connectivity index (χ0v) is 14.5. The zero-order valence-electron chi connectivity index (χ0n) is 14.5. The minimum absolute atomic E-state index is 0.187. The Balaban J connectivity index is 1.91. The highest BCUT2D eigenvalue weighted by Crippen LogP contribution is 2.19. The molecule has 1 aliphatic rings. The highest BCUT2D eigenvalue weighted by atomic mass is 16.4. The third-order valence-electron chi connectivity index (χ3n) is 4.21. The molecule has 0 spiro atoms. The Hall–Kier alpha value is -2.28. The molecule has 132 valence electrons. The number of benzene rings is 1. The van der Waals surface area contributed by atoms with E-state index in [0.717, 1.165) is 31.9 Å². The van der Waals surface area contributed by atoms with E-state index in [1.54, 1.807) is 13.8 Å². The van der Waals surface area contributed by atoms with Gasteiger partial charge in [0.05, 0.1) is 0 Å². The molecule has 7 heteroatoms. The van der Waals surface area contributed by atoms with Crippen molar-refractivity contribution in [1.82, 2.24) is 10.2 Å². The first-order valence-corrected chi connectivity index (χ1v) is 8.20. The van der Waals surface area contributed by atoms with Crippen LogP contribution in [0.1, 0.15) is 13.8 Å². The molecular formula is C17H26N4O3. The molecule has 2 rings (SSSR count). The molecule has 1 aromatic carbocycles. The van der Waals surface area contributed by atoms with Crippen LogP contribution in [0.4, 0.5) is 16.2 Å². The number of carboxylic acid groups (broad SMARTS) is 1. The summed E-state index contributed by atoms with van der Waals surface area (Å²) in [4.78, 5) is 27.7. The first kappa shape index (κ1) is 18.1. The third-order valence-corrected chi connectivity index (χ3v) is 4.21. The largest absolute Gasteiger partial charge is 0.480 e. The Labute approximate surface area is 142 Å². The standard InChI is InChI=1S/C17H26N4O3/c1-12(2)15(16(22)23)19-17(24)18-13-4-6-14(7-5-13)21-10-8-20(3)9-11-21/h4-7,12,15H,8-11H2,1-3H3,(H,22,23)(H2,18,19,24). The van der Waals surface area contributed by atoms with Gasteiger partial charge in [-0.25, -0.2) is 9.59 Å². The van der Waals surface area contributed by atoms with Crippen molar-refractivity contribution >= 4 is 23.4 Å². The van der Waals surface area contributed by atoms with Crippen LogP contribution in [-0.4, -0.2) is 61.3 Å². The van der Waals surface area contributed by atoms with E-state index in [9.17, 15) is 9.59 Å². The highest BCUT2D eigenvalue weighted by molar-refractivity contribution is 5.92. The predicted molar refractivity (Wildman–Crippen MR) is 94.6 cm³/mol. The molecule has 1 aliphatic heterocycles. The second-order valence-electron chi connectivity index (χ2n) is 6.50. The van der Waals surface area contributed by atoms with E-state index in [-0.39, 0.29) is 5.92 Å². The van der Waals surface area contributed by atoms with Gasteiger partial charge < -0.3 is 25.5 Å². The van der Waals surface area contributed by atoms with Crippen LogP contribution >= 0.6 is 0 Å². The number of piperazine rings is 1. The summed E-state index contributed by atoms with van der Waals surface area (Å²) in [6.07, 6.45) is 0. The van der Waals surface area contributed by atoms with Crippen LogP contribution in [0.5, 0.6) is 0 Å². The van der Waals surface area contributed by atoms with Gasteiger partial charge in [-0.1, -0.05) is 13.8 Å². The summed E-state index contributed by atoms with van der Waals surface area (Å²) in [6, 6.07) is 6.19. The van der Waals surface area contributed by atoms with Crippen molar-refractivity contribution in [3.8, 4) is 0 Å². The topological polar surface area (TPSA) is 84.9 Å². The van der Waals surface area contributed by atoms with Crippen molar-refractivity contribution in [2.75, 3.05) is 43.4 Å². The Morgan fingerprint density at radius 2 is 1.67 bits per heavy atom. The molecule has 1 heterocycles. The number of carbonyl (C=O) groups is 2. The molecule has 1 saturated heterocycles. The molecule has 0 aromatic heterocycles. The van der Waals surface area contributed by atoms with E-state index in [4.69, 9.17) is 5.11 Å². The maximum absolute atomic E-state index is 12.0. The van der Waals surface area contributed by atoms with Crippen LogP contribution in [0.3, 0.4) is 0 Å². The summed E-state index contributed by atoms with van der Waals surface area (Å²) < 4.78 is 0. The van der Waals surface area contributed by atoms with Gasteiger partial charge in [-0.05, 0) is 37.2 Å². The van der Waals surface area contributed by atoms with Gasteiger partial charge >= 0.3 is 12.0 Å². The van der Waals surface area contributed by atoms with Crippen LogP contribution in [0.15, 0.2) is 24.3 Å². The smallest absolute Gasteiger partial charge is 0.326 e. The van der Waals surface area contributed by atoms with Gasteiger partial charge in [0.2, 0.25) is 0 Å². The van der Waals surface area contributed by atoms with Gasteiger partial charge in [0.25, 0.3) is 0 Å². The van der Waals surface area contributed by atoms with Gasteiger partial charge in [-0.2, -0.15) is 0 Å². The number of anilines is 2. The number of urea groups is 1. The molecule has 1 fully saturated rings. The number of likely N-dealkylation sites (N-methyl/N-ethyl adjacent to an activating group) is 1. The van der Waals surface area contributed by atoms with E-state index in [0.29, 0.717) is 5.69 Å². The molecule has 0 radical (unpaired) electrons. The summed E-state index contributed by atoms with van der Waals surface area (Å²) >= 11 is 0. The second kappa shape index (κ2) is 8.01. The van der Waals surface area contributed by atoms with E-state index >= 15 is 0 Å². The minimum Gasteiger partial charge on any atom is -0.480 e. The third kappa shape index (κ3) is 4.86. The molecule has 1 unspecified atom stereocenters. The Bertz CT molecular complexity index is 566. The number of hydrogen-bond donors (Lipinski definition) is 3. The molecule has 0 aliphatic carbocycles. The summed E-state index contributed by atoms with van der Waals surface area (Å²) in [5.41, 5.74) is 1.76. The van der Waals surface area contributed by atoms with Crippen molar-refractivity contribution < 1.29 is 14.7 Å². The first-order chi connectivity index (χ1) is 11.4. The quantitative estimate of drug-likeness (QED) is 0.763. The van der Waals surface area contributed by atoms with E-state index < -0.39 is 18.0 Å². The predicted octanol–water partition coefficient (Wildman–Crippen LogP) is 1.67. The van der Waals surface area contributed by atoms with Gasteiger partial charge in [0.15, 0.2) is 0 Å². The van der Waals surface area contributed by atoms with Crippen molar-refractivity contribution in [2.45, 2.75) is 19.9 Å². The number of amides is 2. The van der Waals surface area contributed by atoms with Crippen molar-refractivity contribution in [3.63, 3.8) is 0 Å². The molecule has 2 amide bonds. The van der Waals surface area contributed by atoms with Crippen molar-refractivity contribution in [3.05, 3.63) is 24.3 Å². The van der Waals surface area contributed by atoms with Crippen LogP contribution in [0.2, 0.25) is 0 Å². The Kier molecular flexibility index (Phi) is 6.03. The van der Waals surface area contributed by atoms with Crippen molar-refractivity contribution in [2.24, 2.45) is 5.92 Å². The lowest BCUT2D eigenvalue weighted by Gasteiger charge is -2.34.